The molecule has 0 amide bonds. The molecule has 1 saturated heterocycles. The summed E-state index contributed by atoms with van der Waals surface area (Å²) in [5.74, 6) is 0.807. The molecule has 3 heteroatoms. The first-order valence-corrected chi connectivity index (χ1v) is 3.71. The van der Waals surface area contributed by atoms with Crippen LogP contribution in [-0.2, 0) is 0 Å². The first kappa shape index (κ1) is 10.2. The number of nitrogens with two attached hydrogens (primary N) is 1. The second-order valence-electron chi connectivity index (χ2n) is 2.98. The van der Waals surface area contributed by atoms with Crippen LogP contribution < -0.4 is 5.73 Å². The van der Waals surface area contributed by atoms with Gasteiger partial charge in [-0.05, 0) is 45.4 Å². The van der Waals surface area contributed by atoms with Crippen LogP contribution in [-0.4, -0.2) is 31.6 Å². The van der Waals surface area contributed by atoms with Crippen molar-refractivity contribution in [2.45, 2.75) is 12.8 Å². The predicted molar refractivity (Wildman–Crippen MR) is 46.5 cm³/mol. The Balaban J connectivity index is 0.000000810. The standard InChI is InChI=1S/C7H16N2.ClH/c1-9-4-2-7(6-8)3-5-9;/h7H,2-6,8H2,1H3;1H. The zero-order chi connectivity index (χ0) is 6.69. The van der Waals surface area contributed by atoms with Gasteiger partial charge in [-0.3, -0.25) is 0 Å². The second kappa shape index (κ2) is 4.94. The van der Waals surface area contributed by atoms with Gasteiger partial charge in [0.25, 0.3) is 0 Å². The summed E-state index contributed by atoms with van der Waals surface area (Å²) < 4.78 is 0. The molecule has 1 fully saturated rings. The van der Waals surface area contributed by atoms with Crippen LogP contribution in [0.4, 0.5) is 0 Å². The van der Waals surface area contributed by atoms with Gasteiger partial charge in [0.15, 0.2) is 0 Å². The van der Waals surface area contributed by atoms with Crippen LogP contribution in [0.5, 0.6) is 0 Å². The molecule has 1 rings (SSSR count). The minimum absolute atomic E-state index is 0. The van der Waals surface area contributed by atoms with Gasteiger partial charge in [0.1, 0.15) is 0 Å². The van der Waals surface area contributed by atoms with Gasteiger partial charge in [-0.15, -0.1) is 12.4 Å². The molecule has 10 heavy (non-hydrogen) atoms. The van der Waals surface area contributed by atoms with Crippen molar-refractivity contribution < 1.29 is 0 Å². The lowest BCUT2D eigenvalue weighted by Crippen LogP contribution is -2.33. The van der Waals surface area contributed by atoms with Crippen LogP contribution in [0.2, 0.25) is 0 Å². The number of hydrogen-bond donors (Lipinski definition) is 1. The van der Waals surface area contributed by atoms with Crippen LogP contribution in [0, 0.1) is 5.92 Å². The summed E-state index contributed by atoms with van der Waals surface area (Å²) in [6.07, 6.45) is 2.60. The zero-order valence-corrected chi connectivity index (χ0v) is 7.36. The van der Waals surface area contributed by atoms with Gasteiger partial charge in [0.2, 0.25) is 0 Å². The molecule has 0 aromatic carbocycles. The molecule has 0 saturated carbocycles. The average molecular weight is 165 g/mol. The van der Waals surface area contributed by atoms with E-state index in [1.807, 2.05) is 0 Å². The largest absolute Gasteiger partial charge is 0.330 e. The molecule has 0 unspecified atom stereocenters. The Labute approximate surface area is 69.2 Å². The third kappa shape index (κ3) is 2.86. The van der Waals surface area contributed by atoms with Crippen molar-refractivity contribution in [1.82, 2.24) is 4.90 Å². The monoisotopic (exact) mass is 164 g/mol. The van der Waals surface area contributed by atoms with E-state index in [1.54, 1.807) is 0 Å². The number of nitrogens with zero attached hydrogens (tertiary/aromatic N) is 1. The SMILES string of the molecule is CN1CCC(CN)CC1.Cl. The lowest BCUT2D eigenvalue weighted by Gasteiger charge is -2.27. The fourth-order valence-electron chi connectivity index (χ4n) is 1.30. The van der Waals surface area contributed by atoms with Gasteiger partial charge >= 0.3 is 0 Å². The lowest BCUT2D eigenvalue weighted by atomic mass is 9.98. The Morgan fingerprint density at radius 1 is 1.40 bits per heavy atom. The Bertz CT molecular complexity index is 79.7. The van der Waals surface area contributed by atoms with Gasteiger partial charge in [0.05, 0.1) is 0 Å². The molecular formula is C7H17ClN2. The van der Waals surface area contributed by atoms with Crippen molar-refractivity contribution in [3.8, 4) is 0 Å². The van der Waals surface area contributed by atoms with Gasteiger partial charge < -0.3 is 10.6 Å². The fourth-order valence-corrected chi connectivity index (χ4v) is 1.30. The highest BCUT2D eigenvalue weighted by molar-refractivity contribution is 5.85. The first-order chi connectivity index (χ1) is 4.33. The zero-order valence-electron chi connectivity index (χ0n) is 6.55. The van der Waals surface area contributed by atoms with E-state index in [2.05, 4.69) is 11.9 Å². The van der Waals surface area contributed by atoms with Crippen LogP contribution in [0.1, 0.15) is 12.8 Å². The highest BCUT2D eigenvalue weighted by Crippen LogP contribution is 2.13. The fraction of sp³-hybridized carbons (Fsp3) is 1.00. The summed E-state index contributed by atoms with van der Waals surface area (Å²) in [4.78, 5) is 2.37. The molecule has 1 heterocycles. The van der Waals surface area contributed by atoms with Gasteiger partial charge in [-0.1, -0.05) is 0 Å². The van der Waals surface area contributed by atoms with E-state index in [0.29, 0.717) is 0 Å². The molecule has 0 spiro atoms. The first-order valence-electron chi connectivity index (χ1n) is 3.71. The summed E-state index contributed by atoms with van der Waals surface area (Å²) in [5, 5.41) is 0. The van der Waals surface area contributed by atoms with Crippen molar-refractivity contribution >= 4 is 12.4 Å². The number of halogens is 1. The lowest BCUT2D eigenvalue weighted by molar-refractivity contribution is 0.223. The van der Waals surface area contributed by atoms with Crippen LogP contribution in [0.15, 0.2) is 0 Å². The van der Waals surface area contributed by atoms with Crippen LogP contribution >= 0.6 is 12.4 Å². The van der Waals surface area contributed by atoms with E-state index in [0.717, 1.165) is 12.5 Å². The van der Waals surface area contributed by atoms with Crippen molar-refractivity contribution in [1.29, 1.82) is 0 Å². The summed E-state index contributed by atoms with van der Waals surface area (Å²) in [6.45, 7) is 3.36. The Kier molecular flexibility index (Phi) is 5.04. The van der Waals surface area contributed by atoms with Crippen LogP contribution in [0.3, 0.4) is 0 Å². The van der Waals surface area contributed by atoms with E-state index in [9.17, 15) is 0 Å². The van der Waals surface area contributed by atoms with E-state index >= 15 is 0 Å². The molecule has 1 aliphatic rings. The molecule has 62 valence electrons. The van der Waals surface area contributed by atoms with Crippen molar-refractivity contribution in [2.24, 2.45) is 11.7 Å². The van der Waals surface area contributed by atoms with E-state index in [-0.39, 0.29) is 12.4 Å². The predicted octanol–water partition coefficient (Wildman–Crippen LogP) is 0.709. The van der Waals surface area contributed by atoms with Gasteiger partial charge in [0, 0.05) is 0 Å². The third-order valence-corrected chi connectivity index (χ3v) is 2.17. The number of rotatable bonds is 1. The average Bonchev–Trinajstić information content (AvgIpc) is 1.90. The quantitative estimate of drug-likeness (QED) is 0.619. The topological polar surface area (TPSA) is 29.3 Å². The molecule has 0 aliphatic carbocycles. The molecule has 0 atom stereocenters. The number of piperidine rings is 1. The highest BCUT2D eigenvalue weighted by atomic mass is 35.5. The van der Waals surface area contributed by atoms with Crippen LogP contribution in [0.25, 0.3) is 0 Å². The van der Waals surface area contributed by atoms with E-state index in [4.69, 9.17) is 5.73 Å². The number of likely N-dealkylation sites (tertiary alicyclic amines) is 1. The van der Waals surface area contributed by atoms with Crippen molar-refractivity contribution in [3.05, 3.63) is 0 Å². The Morgan fingerprint density at radius 3 is 2.30 bits per heavy atom. The maximum absolute atomic E-state index is 5.53. The molecule has 2 N–H and O–H groups in total. The van der Waals surface area contributed by atoms with E-state index < -0.39 is 0 Å². The molecule has 1 aliphatic heterocycles. The Hall–Kier alpha value is 0.210. The van der Waals surface area contributed by atoms with Crippen molar-refractivity contribution in [2.75, 3.05) is 26.7 Å². The van der Waals surface area contributed by atoms with Gasteiger partial charge in [-0.2, -0.15) is 0 Å². The summed E-state index contributed by atoms with van der Waals surface area (Å²) in [5.41, 5.74) is 5.53. The number of hydrogen-bond acceptors (Lipinski definition) is 2. The van der Waals surface area contributed by atoms with E-state index in [1.165, 1.54) is 25.9 Å². The molecule has 0 aromatic rings. The molecular weight excluding hydrogens is 148 g/mol. The molecule has 0 bridgehead atoms. The normalized spacial score (nSPS) is 22.2. The summed E-state index contributed by atoms with van der Waals surface area (Å²) >= 11 is 0. The third-order valence-electron chi connectivity index (χ3n) is 2.17. The maximum Gasteiger partial charge on any atom is -0.00187 e. The molecule has 0 radical (unpaired) electrons. The second-order valence-corrected chi connectivity index (χ2v) is 2.98. The smallest absolute Gasteiger partial charge is 0.00187 e. The minimum Gasteiger partial charge on any atom is -0.330 e. The minimum atomic E-state index is 0. The summed E-state index contributed by atoms with van der Waals surface area (Å²) in [6, 6.07) is 0. The highest BCUT2D eigenvalue weighted by Gasteiger charge is 2.13. The molecule has 0 aromatic heterocycles. The summed E-state index contributed by atoms with van der Waals surface area (Å²) in [7, 11) is 2.17. The Morgan fingerprint density at radius 2 is 1.90 bits per heavy atom. The molecule has 2 nitrogen and oxygen atoms in total. The van der Waals surface area contributed by atoms with Crippen molar-refractivity contribution in [3.63, 3.8) is 0 Å². The maximum atomic E-state index is 5.53. The van der Waals surface area contributed by atoms with Gasteiger partial charge in [-0.25, -0.2) is 0 Å².